The van der Waals surface area contributed by atoms with Crippen LogP contribution in [0, 0.1) is 22.7 Å². The van der Waals surface area contributed by atoms with Crippen molar-refractivity contribution < 1.29 is 75.2 Å². The molecular formula is C34H21Cl6N8Na2O6+. The number of hydrogen-bond acceptors (Lipinski definition) is 8. The molecule has 22 heteroatoms. The Kier molecular flexibility index (Phi) is 20.5. The van der Waals surface area contributed by atoms with Crippen LogP contribution >= 0.6 is 69.6 Å². The van der Waals surface area contributed by atoms with E-state index in [1.165, 1.54) is 24.3 Å². The molecule has 6 rings (SSSR count). The van der Waals surface area contributed by atoms with Crippen molar-refractivity contribution >= 4 is 69.6 Å². The Balaban J connectivity index is 0.000000523. The monoisotopic (exact) mass is 893 g/mol. The smallest absolute Gasteiger partial charge is 0.870 e. The number of halogens is 6. The number of aromatic nitrogens is 6. The summed E-state index contributed by atoms with van der Waals surface area (Å²) in [6.07, 6.45) is 1.99. The van der Waals surface area contributed by atoms with E-state index < -0.39 is 34.3 Å². The predicted molar refractivity (Wildman–Crippen MR) is 202 cm³/mol. The normalized spacial score (nSPS) is 10.9. The van der Waals surface area contributed by atoms with Crippen LogP contribution in [-0.4, -0.2) is 30.4 Å². The molecule has 2 atom stereocenters. The Morgan fingerprint density at radius 3 is 1.48 bits per heavy atom. The second kappa shape index (κ2) is 22.6. The summed E-state index contributed by atoms with van der Waals surface area (Å²) in [4.78, 5) is 51.4. The van der Waals surface area contributed by atoms with Crippen molar-refractivity contribution in [2.75, 3.05) is 0 Å². The van der Waals surface area contributed by atoms with Gasteiger partial charge in [0.05, 0.1) is 29.7 Å². The van der Waals surface area contributed by atoms with Crippen molar-refractivity contribution in [1.82, 2.24) is 24.4 Å². The van der Waals surface area contributed by atoms with Crippen molar-refractivity contribution in [1.29, 1.82) is 10.5 Å². The molecule has 2 unspecified atom stereocenters. The number of rotatable bonds is 6. The Hall–Kier alpha value is -3.26. The third-order valence-corrected chi connectivity index (χ3v) is 9.05. The van der Waals surface area contributed by atoms with Gasteiger partial charge >= 0.3 is 64.8 Å². The summed E-state index contributed by atoms with van der Waals surface area (Å²) in [6.45, 7) is 0. The molecule has 14 nitrogen and oxygen atoms in total. The van der Waals surface area contributed by atoms with Crippen LogP contribution < -0.4 is 91.7 Å². The first-order chi connectivity index (χ1) is 24.8. The van der Waals surface area contributed by atoms with Gasteiger partial charge in [-0.3, -0.25) is 19.4 Å². The summed E-state index contributed by atoms with van der Waals surface area (Å²) < 4.78 is 1.97. The SMILES string of the molecule is N#CC(c1ccc(Cl)cc1)c1c(Cl)cc(-n2[nH+]cc(=O)[n-]c2=O)cc1Cl.N#CC(c1ccc(Cl)cc1)c1c(Cl)cc(-n2ncc(=O)[nH]c2=O)cc1Cl.O.[Na+].[Na+].[OH-]. The molecule has 0 saturated heterocycles. The first kappa shape index (κ1) is 50.8. The number of nitrogens with zero attached hydrogens (tertiary/aromatic N) is 6. The van der Waals surface area contributed by atoms with Gasteiger partial charge in [-0.1, -0.05) is 93.9 Å². The van der Waals surface area contributed by atoms with E-state index in [0.717, 1.165) is 21.8 Å². The molecule has 0 saturated carbocycles. The molecule has 2 heterocycles. The molecule has 6 aromatic rings. The van der Waals surface area contributed by atoms with E-state index in [-0.39, 0.29) is 102 Å². The van der Waals surface area contributed by atoms with E-state index in [4.69, 9.17) is 69.6 Å². The molecule has 0 spiro atoms. The Bertz CT molecular complexity index is 2420. The Morgan fingerprint density at radius 1 is 0.696 bits per heavy atom. The quantitative estimate of drug-likeness (QED) is 0.204. The van der Waals surface area contributed by atoms with Crippen LogP contribution in [0.3, 0.4) is 0 Å². The van der Waals surface area contributed by atoms with Gasteiger partial charge in [0, 0.05) is 47.0 Å². The van der Waals surface area contributed by atoms with Crippen molar-refractivity contribution in [2.45, 2.75) is 11.8 Å². The molecule has 0 aliphatic heterocycles. The van der Waals surface area contributed by atoms with E-state index in [1.807, 2.05) is 0 Å². The van der Waals surface area contributed by atoms with Crippen molar-refractivity contribution in [3.63, 3.8) is 0 Å². The standard InChI is InChI=1S/2C17H9Cl3N4O2.2Na.2H2O/c2*18-10-3-1-9(2-4-10)12(7-21)16-13(19)5-11(6-14(16)20)24-17(26)23-15(25)8-22-24;;;;/h2*1-6,8,12H,(H,23,25,26);;;2*1H2/q;;2*+1;;/p-1. The van der Waals surface area contributed by atoms with Gasteiger partial charge in [0.1, 0.15) is 6.20 Å². The third kappa shape index (κ3) is 11.9. The zero-order chi connectivity index (χ0) is 37.7. The Morgan fingerprint density at radius 2 is 1.11 bits per heavy atom. The molecule has 276 valence electrons. The molecular weight excluding hydrogens is 875 g/mol. The van der Waals surface area contributed by atoms with Crippen LogP contribution in [0.15, 0.2) is 104 Å². The minimum Gasteiger partial charge on any atom is -0.870 e. The molecule has 0 aliphatic carbocycles. The summed E-state index contributed by atoms with van der Waals surface area (Å²) in [5.74, 6) is -1.44. The minimum absolute atomic E-state index is 0. The fraction of sp³-hybridized carbons (Fsp3) is 0.0588. The maximum Gasteiger partial charge on any atom is 1.00 e. The van der Waals surface area contributed by atoms with Gasteiger partial charge in [0.15, 0.2) is 0 Å². The average Bonchev–Trinajstić information content (AvgIpc) is 3.09. The van der Waals surface area contributed by atoms with Gasteiger partial charge in [-0.2, -0.15) is 30.1 Å². The topological polar surface area (TPSA) is 244 Å². The van der Waals surface area contributed by atoms with Crippen LogP contribution in [0.1, 0.15) is 34.1 Å². The maximum absolute atomic E-state index is 11.9. The molecule has 5 N–H and O–H groups in total. The zero-order valence-electron chi connectivity index (χ0n) is 28.8. The van der Waals surface area contributed by atoms with Crippen LogP contribution in [0.4, 0.5) is 0 Å². The Labute approximate surface area is 390 Å². The van der Waals surface area contributed by atoms with Crippen molar-refractivity contribution in [3.8, 4) is 23.5 Å². The van der Waals surface area contributed by atoms with Crippen LogP contribution in [0.5, 0.6) is 0 Å². The van der Waals surface area contributed by atoms with Gasteiger partial charge in [0.2, 0.25) is 17.4 Å². The summed E-state index contributed by atoms with van der Waals surface area (Å²) in [6, 6.07) is 23.7. The maximum atomic E-state index is 11.9. The average molecular weight is 896 g/mol. The van der Waals surface area contributed by atoms with Crippen LogP contribution in [-0.2, 0) is 0 Å². The van der Waals surface area contributed by atoms with E-state index in [1.54, 1.807) is 48.5 Å². The van der Waals surface area contributed by atoms with Crippen molar-refractivity contribution in [3.05, 3.63) is 179 Å². The minimum atomic E-state index is -0.799. The summed E-state index contributed by atoms with van der Waals surface area (Å²) in [5, 5.41) is 27.3. The first-order valence-corrected chi connectivity index (χ1v) is 16.7. The van der Waals surface area contributed by atoms with E-state index in [0.29, 0.717) is 32.3 Å². The van der Waals surface area contributed by atoms with E-state index in [2.05, 4.69) is 32.3 Å². The number of nitrogens with one attached hydrogen (secondary N) is 2. The molecule has 4 aromatic carbocycles. The molecule has 0 fully saturated rings. The number of nitriles is 2. The molecule has 0 amide bonds. The van der Waals surface area contributed by atoms with Crippen LogP contribution in [0.25, 0.3) is 11.4 Å². The number of aromatic amines is 2. The number of H-pyrrole nitrogens is 2. The fourth-order valence-electron chi connectivity index (χ4n) is 4.94. The molecule has 2 aromatic heterocycles. The summed E-state index contributed by atoms with van der Waals surface area (Å²) in [5.41, 5.74) is -0.129. The van der Waals surface area contributed by atoms with E-state index in [9.17, 15) is 29.7 Å². The fourth-order valence-corrected chi connectivity index (χ4v) is 6.58. The largest absolute Gasteiger partial charge is 1.00 e. The van der Waals surface area contributed by atoms with E-state index >= 15 is 0 Å². The van der Waals surface area contributed by atoms with Gasteiger partial charge in [-0.15, -0.1) is 0 Å². The predicted octanol–water partition coefficient (Wildman–Crippen LogP) is -0.872. The molecule has 0 radical (unpaired) electrons. The van der Waals surface area contributed by atoms with Gasteiger partial charge in [-0.25, -0.2) is 4.79 Å². The van der Waals surface area contributed by atoms with Crippen LogP contribution in [0.2, 0.25) is 30.1 Å². The molecule has 56 heavy (non-hydrogen) atoms. The second-order valence-corrected chi connectivity index (χ2v) is 13.1. The summed E-state index contributed by atoms with van der Waals surface area (Å²) in [7, 11) is 0. The molecule has 0 bridgehead atoms. The number of hydrogen-bond donors (Lipinski definition) is 1. The second-order valence-electron chi connectivity index (χ2n) is 10.6. The van der Waals surface area contributed by atoms with Crippen molar-refractivity contribution in [2.24, 2.45) is 0 Å². The number of benzene rings is 4. The third-order valence-electron chi connectivity index (χ3n) is 7.30. The first-order valence-electron chi connectivity index (χ1n) is 14.5. The molecule has 0 aliphatic rings. The van der Waals surface area contributed by atoms with Gasteiger partial charge < -0.3 is 15.9 Å². The van der Waals surface area contributed by atoms with Gasteiger partial charge in [0.25, 0.3) is 5.56 Å². The zero-order valence-corrected chi connectivity index (χ0v) is 37.3. The van der Waals surface area contributed by atoms with Gasteiger partial charge in [-0.05, 0) is 59.7 Å². The summed E-state index contributed by atoms with van der Waals surface area (Å²) >= 11 is 37.2.